The molecule has 3 fully saturated rings. The Hall–Kier alpha value is -1.59. The van der Waals surface area contributed by atoms with Gasteiger partial charge in [0.25, 0.3) is 5.91 Å². The zero-order valence-electron chi connectivity index (χ0n) is 14.8. The Morgan fingerprint density at radius 2 is 1.79 bits per heavy atom. The molecule has 0 aromatic carbocycles. The molecule has 0 radical (unpaired) electrons. The van der Waals surface area contributed by atoms with Crippen LogP contribution in [-0.4, -0.2) is 52.8 Å². The van der Waals surface area contributed by atoms with Crippen LogP contribution in [0.15, 0.2) is 0 Å². The van der Waals surface area contributed by atoms with E-state index in [1.54, 1.807) is 0 Å². The number of urea groups is 1. The summed E-state index contributed by atoms with van der Waals surface area (Å²) in [5, 5.41) is 2.88. The Bertz CT molecular complexity index is 518. The van der Waals surface area contributed by atoms with Crippen molar-refractivity contribution in [1.82, 2.24) is 15.1 Å². The second-order valence-electron chi connectivity index (χ2n) is 8.02. The van der Waals surface area contributed by atoms with E-state index in [0.717, 1.165) is 38.8 Å². The van der Waals surface area contributed by atoms with Gasteiger partial charge in [0, 0.05) is 26.1 Å². The summed E-state index contributed by atoms with van der Waals surface area (Å²) in [6.07, 6.45) is 5.60. The normalized spacial score (nSPS) is 29.4. The van der Waals surface area contributed by atoms with Crippen LogP contribution in [0.3, 0.4) is 0 Å². The highest BCUT2D eigenvalue weighted by Crippen LogP contribution is 2.35. The van der Waals surface area contributed by atoms with Crippen molar-refractivity contribution in [2.75, 3.05) is 19.6 Å². The summed E-state index contributed by atoms with van der Waals surface area (Å²) < 4.78 is 0. The van der Waals surface area contributed by atoms with Gasteiger partial charge in [-0.25, -0.2) is 4.79 Å². The summed E-state index contributed by atoms with van der Waals surface area (Å²) in [4.78, 5) is 40.3. The van der Waals surface area contributed by atoms with Crippen LogP contribution in [0.25, 0.3) is 0 Å². The summed E-state index contributed by atoms with van der Waals surface area (Å²) in [6.45, 7) is 6.37. The van der Waals surface area contributed by atoms with E-state index in [1.165, 1.54) is 11.3 Å². The Morgan fingerprint density at radius 3 is 2.42 bits per heavy atom. The molecule has 0 aromatic rings. The summed E-state index contributed by atoms with van der Waals surface area (Å²) in [7, 11) is 0. The van der Waals surface area contributed by atoms with Crippen LogP contribution in [0, 0.1) is 11.8 Å². The topological polar surface area (TPSA) is 69.7 Å². The monoisotopic (exact) mass is 335 g/mol. The van der Waals surface area contributed by atoms with Gasteiger partial charge < -0.3 is 10.2 Å². The van der Waals surface area contributed by atoms with Crippen molar-refractivity contribution in [3.63, 3.8) is 0 Å². The summed E-state index contributed by atoms with van der Waals surface area (Å²) in [5.74, 6) is 1.16. The van der Waals surface area contributed by atoms with Crippen LogP contribution in [0.2, 0.25) is 0 Å². The van der Waals surface area contributed by atoms with Crippen LogP contribution >= 0.6 is 0 Å². The molecule has 0 unspecified atom stereocenters. The van der Waals surface area contributed by atoms with Crippen molar-refractivity contribution in [1.29, 1.82) is 0 Å². The third kappa shape index (κ3) is 3.28. The van der Waals surface area contributed by atoms with Gasteiger partial charge in [0.2, 0.25) is 5.91 Å². The molecule has 24 heavy (non-hydrogen) atoms. The average Bonchev–Trinajstić information content (AvgIpc) is 3.07. The van der Waals surface area contributed by atoms with Gasteiger partial charge in [-0.2, -0.15) is 0 Å². The number of amides is 4. The number of nitrogens with zero attached hydrogens (tertiary/aromatic N) is 2. The number of likely N-dealkylation sites (tertiary alicyclic amines) is 1. The number of piperidine rings is 1. The molecule has 6 heteroatoms. The molecule has 0 bridgehead atoms. The Balaban J connectivity index is 1.48. The molecule has 0 aromatic heterocycles. The lowest BCUT2D eigenvalue weighted by molar-refractivity contribution is -0.135. The highest BCUT2D eigenvalue weighted by atomic mass is 16.2. The third-order valence-corrected chi connectivity index (χ3v) is 5.70. The molecule has 3 rings (SSSR count). The van der Waals surface area contributed by atoms with Crippen molar-refractivity contribution >= 4 is 17.8 Å². The quantitative estimate of drug-likeness (QED) is 0.800. The van der Waals surface area contributed by atoms with E-state index < -0.39 is 5.54 Å². The van der Waals surface area contributed by atoms with Gasteiger partial charge in [-0.3, -0.25) is 14.5 Å². The Kier molecular flexibility index (Phi) is 4.83. The molecule has 1 aliphatic carbocycles. The molecule has 2 aliphatic heterocycles. The molecule has 2 saturated heterocycles. The maximum Gasteiger partial charge on any atom is 0.325 e. The minimum absolute atomic E-state index is 0.0855. The maximum absolute atomic E-state index is 12.6. The first-order valence-electron chi connectivity index (χ1n) is 9.33. The van der Waals surface area contributed by atoms with E-state index in [9.17, 15) is 14.4 Å². The molecule has 2 atom stereocenters. The van der Waals surface area contributed by atoms with E-state index in [1.807, 2.05) is 4.90 Å². The number of rotatable bonds is 4. The Morgan fingerprint density at radius 1 is 1.17 bits per heavy atom. The standard InChI is InChI=1S/C18H29N3O3/c1-13-10-14(2)12-20(11-13)15(22)6-5-9-21-16(23)18(19-17(21)24)7-3-4-8-18/h13-14H,3-12H2,1-2H3,(H,19,24)/t13-,14-/m0/s1. The van der Waals surface area contributed by atoms with E-state index in [4.69, 9.17) is 0 Å². The number of hydrogen-bond acceptors (Lipinski definition) is 3. The molecular weight excluding hydrogens is 306 g/mol. The van der Waals surface area contributed by atoms with E-state index in [2.05, 4.69) is 19.2 Å². The lowest BCUT2D eigenvalue weighted by Gasteiger charge is -2.35. The molecule has 1 saturated carbocycles. The predicted molar refractivity (Wildman–Crippen MR) is 90.2 cm³/mol. The zero-order valence-corrected chi connectivity index (χ0v) is 14.8. The molecule has 2 heterocycles. The number of carbonyl (C=O) groups is 3. The fourth-order valence-corrected chi connectivity index (χ4v) is 4.61. The van der Waals surface area contributed by atoms with Crippen LogP contribution in [0.4, 0.5) is 4.79 Å². The predicted octanol–water partition coefficient (Wildman–Crippen LogP) is 2.14. The second kappa shape index (κ2) is 6.73. The van der Waals surface area contributed by atoms with Crippen molar-refractivity contribution in [2.24, 2.45) is 11.8 Å². The van der Waals surface area contributed by atoms with Crippen LogP contribution in [0.1, 0.15) is 58.8 Å². The zero-order chi connectivity index (χ0) is 17.3. The number of imide groups is 1. The van der Waals surface area contributed by atoms with Crippen molar-refractivity contribution in [2.45, 2.75) is 64.3 Å². The highest BCUT2D eigenvalue weighted by Gasteiger charge is 2.52. The van der Waals surface area contributed by atoms with Crippen molar-refractivity contribution in [3.8, 4) is 0 Å². The summed E-state index contributed by atoms with van der Waals surface area (Å²) >= 11 is 0. The SMILES string of the molecule is C[C@H]1C[C@H](C)CN(C(=O)CCCN2C(=O)NC3(CCCC3)C2=O)C1. The van der Waals surface area contributed by atoms with Gasteiger partial charge in [-0.1, -0.05) is 26.7 Å². The molecule has 1 N–H and O–H groups in total. The largest absolute Gasteiger partial charge is 0.342 e. The van der Waals surface area contributed by atoms with Gasteiger partial charge in [0.05, 0.1) is 0 Å². The maximum atomic E-state index is 12.6. The average molecular weight is 335 g/mol. The van der Waals surface area contributed by atoms with Gasteiger partial charge in [-0.15, -0.1) is 0 Å². The molecule has 1 spiro atoms. The molecule has 3 aliphatic rings. The summed E-state index contributed by atoms with van der Waals surface area (Å²) in [6, 6.07) is -0.283. The lowest BCUT2D eigenvalue weighted by atomic mass is 9.91. The Labute approximate surface area is 143 Å². The van der Waals surface area contributed by atoms with Crippen LogP contribution in [0.5, 0.6) is 0 Å². The van der Waals surface area contributed by atoms with E-state index in [0.29, 0.717) is 31.2 Å². The fourth-order valence-electron chi connectivity index (χ4n) is 4.61. The van der Waals surface area contributed by atoms with E-state index in [-0.39, 0.29) is 17.8 Å². The van der Waals surface area contributed by atoms with Crippen LogP contribution in [-0.2, 0) is 9.59 Å². The van der Waals surface area contributed by atoms with Gasteiger partial charge in [0.15, 0.2) is 0 Å². The highest BCUT2D eigenvalue weighted by molar-refractivity contribution is 6.07. The molecular formula is C18H29N3O3. The lowest BCUT2D eigenvalue weighted by Crippen LogP contribution is -2.44. The van der Waals surface area contributed by atoms with E-state index >= 15 is 0 Å². The summed E-state index contributed by atoms with van der Waals surface area (Å²) in [5.41, 5.74) is -0.640. The number of nitrogens with one attached hydrogen (secondary N) is 1. The fraction of sp³-hybridized carbons (Fsp3) is 0.833. The first-order chi connectivity index (χ1) is 11.4. The number of carbonyl (C=O) groups excluding carboxylic acids is 3. The van der Waals surface area contributed by atoms with Gasteiger partial charge in [-0.05, 0) is 37.5 Å². The third-order valence-electron chi connectivity index (χ3n) is 5.70. The molecule has 6 nitrogen and oxygen atoms in total. The second-order valence-corrected chi connectivity index (χ2v) is 8.02. The first-order valence-corrected chi connectivity index (χ1v) is 9.33. The molecule has 4 amide bonds. The minimum Gasteiger partial charge on any atom is -0.342 e. The first kappa shape index (κ1) is 17.2. The van der Waals surface area contributed by atoms with Gasteiger partial charge in [0.1, 0.15) is 5.54 Å². The van der Waals surface area contributed by atoms with Crippen LogP contribution < -0.4 is 5.32 Å². The number of hydrogen-bond donors (Lipinski definition) is 1. The van der Waals surface area contributed by atoms with Crippen molar-refractivity contribution in [3.05, 3.63) is 0 Å². The van der Waals surface area contributed by atoms with Gasteiger partial charge >= 0.3 is 6.03 Å². The van der Waals surface area contributed by atoms with Crippen molar-refractivity contribution < 1.29 is 14.4 Å². The minimum atomic E-state index is -0.640. The smallest absolute Gasteiger partial charge is 0.325 e. The molecule has 134 valence electrons.